The van der Waals surface area contributed by atoms with E-state index in [1.807, 2.05) is 6.92 Å². The molecule has 2 saturated heterocycles. The minimum atomic E-state index is -0.282. The van der Waals surface area contributed by atoms with E-state index < -0.39 is 0 Å². The molecular formula is C14H19NO4S. The van der Waals surface area contributed by atoms with Gasteiger partial charge < -0.3 is 19.9 Å². The lowest BCUT2D eigenvalue weighted by atomic mass is 9.91. The molecule has 20 heavy (non-hydrogen) atoms. The third-order valence-electron chi connectivity index (χ3n) is 3.95. The van der Waals surface area contributed by atoms with Crippen molar-refractivity contribution < 1.29 is 19.0 Å². The second kappa shape index (κ2) is 5.35. The van der Waals surface area contributed by atoms with Gasteiger partial charge >= 0.3 is 5.97 Å². The van der Waals surface area contributed by atoms with Crippen molar-refractivity contribution in [1.82, 2.24) is 0 Å². The van der Waals surface area contributed by atoms with Crippen LogP contribution in [0.3, 0.4) is 0 Å². The molecule has 2 unspecified atom stereocenters. The molecular weight excluding hydrogens is 278 g/mol. The average Bonchev–Trinajstić information content (AvgIpc) is 2.98. The SMILES string of the molecule is Cc1sc(C(=O)OC2CCOC3(CCOC3)C2)cc1N. The summed E-state index contributed by atoms with van der Waals surface area (Å²) < 4.78 is 16.9. The fourth-order valence-corrected chi connectivity index (χ4v) is 3.58. The molecule has 3 rings (SSSR count). The number of hydrogen-bond acceptors (Lipinski definition) is 6. The summed E-state index contributed by atoms with van der Waals surface area (Å²) in [5.74, 6) is -0.282. The van der Waals surface area contributed by atoms with Crippen molar-refractivity contribution in [2.24, 2.45) is 0 Å². The largest absolute Gasteiger partial charge is 0.458 e. The molecule has 3 heterocycles. The van der Waals surface area contributed by atoms with Crippen LogP contribution >= 0.6 is 11.3 Å². The van der Waals surface area contributed by atoms with Gasteiger partial charge in [0.2, 0.25) is 0 Å². The van der Waals surface area contributed by atoms with Gasteiger partial charge in [0, 0.05) is 36.4 Å². The monoisotopic (exact) mass is 297 g/mol. The molecule has 2 aliphatic rings. The highest BCUT2D eigenvalue weighted by atomic mass is 32.1. The number of carbonyl (C=O) groups excluding carboxylic acids is 1. The van der Waals surface area contributed by atoms with Gasteiger partial charge in [0.05, 0.1) is 18.8 Å². The predicted octanol–water partition coefficient (Wildman–Crippen LogP) is 2.13. The highest BCUT2D eigenvalue weighted by Gasteiger charge is 2.42. The summed E-state index contributed by atoms with van der Waals surface area (Å²) >= 11 is 1.38. The van der Waals surface area contributed by atoms with Gasteiger partial charge in [-0.1, -0.05) is 0 Å². The van der Waals surface area contributed by atoms with Gasteiger partial charge in [0.25, 0.3) is 0 Å². The Morgan fingerprint density at radius 3 is 3.05 bits per heavy atom. The van der Waals surface area contributed by atoms with Crippen molar-refractivity contribution >= 4 is 23.0 Å². The Balaban J connectivity index is 1.63. The summed E-state index contributed by atoms with van der Waals surface area (Å²) in [6, 6.07) is 1.69. The van der Waals surface area contributed by atoms with E-state index in [0.29, 0.717) is 23.8 Å². The Morgan fingerprint density at radius 2 is 2.40 bits per heavy atom. The van der Waals surface area contributed by atoms with Gasteiger partial charge in [-0.3, -0.25) is 0 Å². The van der Waals surface area contributed by atoms with Crippen LogP contribution in [0.5, 0.6) is 0 Å². The molecule has 2 atom stereocenters. The fourth-order valence-electron chi connectivity index (χ4n) is 2.75. The first-order valence-electron chi connectivity index (χ1n) is 6.87. The first-order valence-corrected chi connectivity index (χ1v) is 7.68. The lowest BCUT2D eigenvalue weighted by Crippen LogP contribution is -2.43. The maximum atomic E-state index is 12.1. The molecule has 0 amide bonds. The zero-order valence-electron chi connectivity index (χ0n) is 11.5. The van der Waals surface area contributed by atoms with E-state index >= 15 is 0 Å². The molecule has 0 bridgehead atoms. The standard InChI is InChI=1S/C14H19NO4S/c1-9-11(15)6-12(20-9)13(16)19-10-2-4-18-14(7-10)3-5-17-8-14/h6,10H,2-5,7-8,15H2,1H3. The Morgan fingerprint density at radius 1 is 1.55 bits per heavy atom. The minimum absolute atomic E-state index is 0.0958. The molecule has 0 radical (unpaired) electrons. The number of carbonyl (C=O) groups is 1. The molecule has 2 fully saturated rings. The fraction of sp³-hybridized carbons (Fsp3) is 0.643. The van der Waals surface area contributed by atoms with Crippen LogP contribution in [0.2, 0.25) is 0 Å². The first kappa shape index (κ1) is 13.9. The van der Waals surface area contributed by atoms with Crippen molar-refractivity contribution in [1.29, 1.82) is 0 Å². The van der Waals surface area contributed by atoms with Gasteiger partial charge in [-0.2, -0.15) is 0 Å². The molecule has 1 aromatic heterocycles. The first-order chi connectivity index (χ1) is 9.58. The second-order valence-electron chi connectivity index (χ2n) is 5.48. The van der Waals surface area contributed by atoms with Gasteiger partial charge in [-0.15, -0.1) is 11.3 Å². The van der Waals surface area contributed by atoms with E-state index in [-0.39, 0.29) is 17.7 Å². The van der Waals surface area contributed by atoms with Crippen molar-refractivity contribution in [3.63, 3.8) is 0 Å². The molecule has 5 nitrogen and oxygen atoms in total. The van der Waals surface area contributed by atoms with Gasteiger partial charge in [-0.05, 0) is 13.0 Å². The van der Waals surface area contributed by atoms with Crippen molar-refractivity contribution in [3.8, 4) is 0 Å². The average molecular weight is 297 g/mol. The number of nitrogen functional groups attached to an aromatic ring is 1. The zero-order chi connectivity index (χ0) is 14.2. The number of aryl methyl sites for hydroxylation is 1. The number of ether oxygens (including phenoxy) is 3. The topological polar surface area (TPSA) is 70.8 Å². The number of esters is 1. The summed E-state index contributed by atoms with van der Waals surface area (Å²) in [5, 5.41) is 0. The number of thiophene rings is 1. The van der Waals surface area contributed by atoms with Gasteiger partial charge in [-0.25, -0.2) is 4.79 Å². The number of rotatable bonds is 2. The van der Waals surface area contributed by atoms with Crippen LogP contribution in [0.4, 0.5) is 5.69 Å². The third-order valence-corrected chi connectivity index (χ3v) is 4.99. The van der Waals surface area contributed by atoms with Crippen LogP contribution in [0, 0.1) is 6.92 Å². The van der Waals surface area contributed by atoms with Crippen molar-refractivity contribution in [2.75, 3.05) is 25.6 Å². The molecule has 0 saturated carbocycles. The van der Waals surface area contributed by atoms with Crippen LogP contribution in [0.15, 0.2) is 6.07 Å². The van der Waals surface area contributed by atoms with E-state index in [4.69, 9.17) is 19.9 Å². The number of hydrogen-bond donors (Lipinski definition) is 1. The summed E-state index contributed by atoms with van der Waals surface area (Å²) in [7, 11) is 0. The van der Waals surface area contributed by atoms with Crippen LogP contribution < -0.4 is 5.73 Å². The highest BCUT2D eigenvalue weighted by Crippen LogP contribution is 2.34. The smallest absolute Gasteiger partial charge is 0.348 e. The molecule has 1 aromatic rings. The van der Waals surface area contributed by atoms with Crippen LogP contribution in [0.25, 0.3) is 0 Å². The lowest BCUT2D eigenvalue weighted by Gasteiger charge is -2.36. The zero-order valence-corrected chi connectivity index (χ0v) is 12.3. The van der Waals surface area contributed by atoms with E-state index in [2.05, 4.69) is 0 Å². The molecule has 1 spiro atoms. The summed E-state index contributed by atoms with van der Waals surface area (Å²) in [4.78, 5) is 13.7. The molecule has 2 aliphatic heterocycles. The van der Waals surface area contributed by atoms with E-state index in [0.717, 1.165) is 30.7 Å². The molecule has 0 aromatic carbocycles. The van der Waals surface area contributed by atoms with Gasteiger partial charge in [0.15, 0.2) is 0 Å². The maximum absolute atomic E-state index is 12.1. The Labute approximate surface area is 122 Å². The lowest BCUT2D eigenvalue weighted by molar-refractivity contribution is -0.120. The quantitative estimate of drug-likeness (QED) is 0.847. The Bertz CT molecular complexity index is 488. The van der Waals surface area contributed by atoms with Crippen LogP contribution in [-0.4, -0.2) is 37.5 Å². The van der Waals surface area contributed by atoms with Crippen molar-refractivity contribution in [2.45, 2.75) is 37.9 Å². The van der Waals surface area contributed by atoms with E-state index in [9.17, 15) is 4.79 Å². The normalized spacial score (nSPS) is 29.8. The number of nitrogens with two attached hydrogens (primary N) is 1. The second-order valence-corrected chi connectivity index (χ2v) is 6.73. The minimum Gasteiger partial charge on any atom is -0.458 e. The summed E-state index contributed by atoms with van der Waals surface area (Å²) in [5.41, 5.74) is 6.18. The van der Waals surface area contributed by atoms with Crippen LogP contribution in [-0.2, 0) is 14.2 Å². The van der Waals surface area contributed by atoms with Crippen molar-refractivity contribution in [3.05, 3.63) is 15.8 Å². The molecule has 2 N–H and O–H groups in total. The Hall–Kier alpha value is -1.11. The summed E-state index contributed by atoms with van der Waals surface area (Å²) in [6.07, 6.45) is 2.25. The van der Waals surface area contributed by atoms with Crippen LogP contribution in [0.1, 0.15) is 33.8 Å². The molecule has 0 aliphatic carbocycles. The predicted molar refractivity (Wildman–Crippen MR) is 76.0 cm³/mol. The highest BCUT2D eigenvalue weighted by molar-refractivity contribution is 7.14. The van der Waals surface area contributed by atoms with Gasteiger partial charge in [0.1, 0.15) is 11.0 Å². The molecule has 6 heteroatoms. The number of anilines is 1. The molecule has 110 valence electrons. The van der Waals surface area contributed by atoms with E-state index in [1.54, 1.807) is 6.07 Å². The summed E-state index contributed by atoms with van der Waals surface area (Å²) in [6.45, 7) is 3.84. The maximum Gasteiger partial charge on any atom is 0.348 e. The van der Waals surface area contributed by atoms with E-state index in [1.165, 1.54) is 11.3 Å². The third kappa shape index (κ3) is 2.68. The Kier molecular flexibility index (Phi) is 3.70.